The highest BCUT2D eigenvalue weighted by Gasteiger charge is 2.05. The molecule has 0 aromatic carbocycles. The van der Waals surface area contributed by atoms with Crippen molar-refractivity contribution in [2.45, 2.75) is 55.4 Å². The fraction of sp³-hybridized carbons (Fsp3) is 0.450. The second-order valence-electron chi connectivity index (χ2n) is 3.29. The van der Waals surface area contributed by atoms with Crippen LogP contribution in [0.5, 0.6) is 0 Å². The number of alkyl halides is 1. The summed E-state index contributed by atoms with van der Waals surface area (Å²) >= 11 is 3.38. The van der Waals surface area contributed by atoms with Gasteiger partial charge in [-0.05, 0) is 24.6 Å². The van der Waals surface area contributed by atoms with E-state index in [4.69, 9.17) is 0 Å². The van der Waals surface area contributed by atoms with Crippen molar-refractivity contribution >= 4 is 21.8 Å². The fourth-order valence-electron chi connectivity index (χ4n) is 1.05. The Kier molecular flexibility index (Phi) is 33.0. The summed E-state index contributed by atoms with van der Waals surface area (Å²) in [6.45, 7) is 22.9. The van der Waals surface area contributed by atoms with E-state index in [1.54, 1.807) is 18.4 Å². The van der Waals surface area contributed by atoms with E-state index < -0.39 is 0 Å². The van der Waals surface area contributed by atoms with Gasteiger partial charge < -0.3 is 0 Å². The first-order chi connectivity index (χ1) is 11.1. The summed E-state index contributed by atoms with van der Waals surface area (Å²) in [7, 11) is 0. The molecule has 0 aromatic heterocycles. The summed E-state index contributed by atoms with van der Waals surface area (Å²) in [6.07, 6.45) is 10.7. The van der Waals surface area contributed by atoms with Crippen molar-refractivity contribution in [3.05, 3.63) is 61.0 Å². The second kappa shape index (κ2) is 25.6. The number of hydrogen-bond acceptors (Lipinski definition) is 1. The first-order valence-electron chi connectivity index (χ1n) is 8.24. The van der Waals surface area contributed by atoms with Crippen LogP contribution < -0.4 is 0 Å². The molecule has 1 amide bonds. The molecule has 23 heavy (non-hydrogen) atoms. The van der Waals surface area contributed by atoms with Crippen molar-refractivity contribution in [3.63, 3.8) is 0 Å². The second-order valence-corrected chi connectivity index (χ2v) is 3.85. The standard InChI is InChI=1S/C14H18BrNO.3C2H6/c1-5-7-10-16(13(4)17)12(3)8-9-14(6-2)11-15;3*1-2/h5-10H,1,3,11H2,2,4H3;3*1-2H3/b9-8-,10-7-,14-6+;;;. The molecule has 0 rings (SSSR count). The summed E-state index contributed by atoms with van der Waals surface area (Å²) in [5.41, 5.74) is 1.75. The SMILES string of the molecule is C=C/C=C\N(C(=C)/C=C\C(=C/C)CBr)C(C)=O.CC.CC.CC. The highest BCUT2D eigenvalue weighted by molar-refractivity contribution is 9.09. The zero-order valence-electron chi connectivity index (χ0n) is 16.3. The summed E-state index contributed by atoms with van der Waals surface area (Å²) < 4.78 is 0. The van der Waals surface area contributed by atoms with Gasteiger partial charge in [-0.25, -0.2) is 0 Å². The number of rotatable bonds is 6. The zero-order valence-corrected chi connectivity index (χ0v) is 17.9. The van der Waals surface area contributed by atoms with E-state index in [0.29, 0.717) is 5.70 Å². The van der Waals surface area contributed by atoms with Gasteiger partial charge in [-0.3, -0.25) is 9.69 Å². The van der Waals surface area contributed by atoms with Crippen LogP contribution in [0.25, 0.3) is 0 Å². The molecule has 134 valence electrons. The predicted molar refractivity (Wildman–Crippen MR) is 112 cm³/mol. The number of hydrogen-bond donors (Lipinski definition) is 0. The highest BCUT2D eigenvalue weighted by Crippen LogP contribution is 2.09. The quantitative estimate of drug-likeness (QED) is 0.355. The predicted octanol–water partition coefficient (Wildman–Crippen LogP) is 7.02. The fourth-order valence-corrected chi connectivity index (χ4v) is 1.56. The molecule has 2 nitrogen and oxygen atoms in total. The van der Waals surface area contributed by atoms with Gasteiger partial charge in [0.25, 0.3) is 0 Å². The monoisotopic (exact) mass is 385 g/mol. The lowest BCUT2D eigenvalue weighted by Crippen LogP contribution is -2.20. The third-order valence-electron chi connectivity index (χ3n) is 2.03. The molecule has 0 spiro atoms. The van der Waals surface area contributed by atoms with Gasteiger partial charge >= 0.3 is 0 Å². The van der Waals surface area contributed by atoms with Gasteiger partial charge in [-0.2, -0.15) is 0 Å². The molecule has 0 unspecified atom stereocenters. The van der Waals surface area contributed by atoms with Crippen LogP contribution in [0.1, 0.15) is 55.4 Å². The first-order valence-corrected chi connectivity index (χ1v) is 9.36. The summed E-state index contributed by atoms with van der Waals surface area (Å²) in [5.74, 6) is -0.0846. The molecular weight excluding hydrogens is 350 g/mol. The van der Waals surface area contributed by atoms with Crippen molar-refractivity contribution in [2.24, 2.45) is 0 Å². The maximum absolute atomic E-state index is 11.4. The third kappa shape index (κ3) is 18.6. The van der Waals surface area contributed by atoms with E-state index in [1.165, 1.54) is 11.8 Å². The summed E-state index contributed by atoms with van der Waals surface area (Å²) in [5, 5.41) is 0.774. The van der Waals surface area contributed by atoms with E-state index in [2.05, 4.69) is 29.1 Å². The van der Waals surface area contributed by atoms with Gasteiger partial charge in [-0.1, -0.05) is 88.9 Å². The van der Waals surface area contributed by atoms with Crippen molar-refractivity contribution in [1.29, 1.82) is 0 Å². The van der Waals surface area contributed by atoms with Crippen LogP contribution in [0.2, 0.25) is 0 Å². The van der Waals surface area contributed by atoms with Crippen LogP contribution in [0.4, 0.5) is 0 Å². The lowest BCUT2D eigenvalue weighted by molar-refractivity contribution is -0.124. The molecule has 0 saturated heterocycles. The van der Waals surface area contributed by atoms with Crippen molar-refractivity contribution in [2.75, 3.05) is 5.33 Å². The van der Waals surface area contributed by atoms with Gasteiger partial charge in [-0.15, -0.1) is 0 Å². The van der Waals surface area contributed by atoms with Crippen molar-refractivity contribution in [1.82, 2.24) is 4.90 Å². The summed E-state index contributed by atoms with van der Waals surface area (Å²) in [6, 6.07) is 0. The lowest BCUT2D eigenvalue weighted by atomic mass is 10.2. The van der Waals surface area contributed by atoms with Crippen LogP contribution in [0.3, 0.4) is 0 Å². The lowest BCUT2D eigenvalue weighted by Gasteiger charge is -2.16. The van der Waals surface area contributed by atoms with E-state index in [-0.39, 0.29) is 5.91 Å². The first kappa shape index (κ1) is 29.6. The van der Waals surface area contributed by atoms with Crippen LogP contribution in [-0.4, -0.2) is 16.1 Å². The van der Waals surface area contributed by atoms with Crippen LogP contribution in [-0.2, 0) is 4.79 Å². The van der Waals surface area contributed by atoms with Gasteiger partial charge in [0.05, 0.1) is 0 Å². The molecule has 0 aliphatic rings. The Hall–Kier alpha value is -1.35. The van der Waals surface area contributed by atoms with Crippen LogP contribution >= 0.6 is 15.9 Å². The van der Waals surface area contributed by atoms with Crippen LogP contribution in [0, 0.1) is 0 Å². The van der Waals surface area contributed by atoms with Gasteiger partial charge in [0.2, 0.25) is 5.91 Å². The Labute approximate surface area is 153 Å². The Balaban J connectivity index is -0.000000267. The number of carbonyl (C=O) groups excluding carboxylic acids is 1. The molecular formula is C20H36BrNO. The Morgan fingerprint density at radius 2 is 1.57 bits per heavy atom. The van der Waals surface area contributed by atoms with Crippen molar-refractivity contribution in [3.8, 4) is 0 Å². The number of halogens is 1. The smallest absolute Gasteiger partial charge is 0.227 e. The Morgan fingerprint density at radius 1 is 1.09 bits per heavy atom. The minimum absolute atomic E-state index is 0.0846. The molecule has 0 saturated carbocycles. The topological polar surface area (TPSA) is 20.3 Å². The normalized spacial score (nSPS) is 9.70. The number of carbonyl (C=O) groups is 1. The molecule has 0 N–H and O–H groups in total. The zero-order chi connectivity index (χ0) is 19.3. The van der Waals surface area contributed by atoms with Gasteiger partial charge in [0.15, 0.2) is 0 Å². The van der Waals surface area contributed by atoms with E-state index in [1.807, 2.05) is 66.7 Å². The Bertz CT molecular complexity index is 379. The van der Waals surface area contributed by atoms with Crippen molar-refractivity contribution < 1.29 is 4.79 Å². The number of amides is 1. The number of nitrogens with zero attached hydrogens (tertiary/aromatic N) is 1. The molecule has 0 aliphatic carbocycles. The van der Waals surface area contributed by atoms with Gasteiger partial charge in [0, 0.05) is 24.2 Å². The largest absolute Gasteiger partial charge is 0.289 e. The van der Waals surface area contributed by atoms with E-state index in [9.17, 15) is 4.79 Å². The number of allylic oxidation sites excluding steroid dienone is 6. The van der Waals surface area contributed by atoms with E-state index >= 15 is 0 Å². The van der Waals surface area contributed by atoms with E-state index in [0.717, 1.165) is 10.9 Å². The molecule has 0 aliphatic heterocycles. The average Bonchev–Trinajstić information content (AvgIpc) is 2.61. The molecule has 0 heterocycles. The minimum Gasteiger partial charge on any atom is -0.289 e. The third-order valence-corrected chi connectivity index (χ3v) is 2.68. The molecule has 0 atom stereocenters. The Morgan fingerprint density at radius 3 is 1.87 bits per heavy atom. The van der Waals surface area contributed by atoms with Crippen LogP contribution in [0.15, 0.2) is 61.0 Å². The minimum atomic E-state index is -0.0846. The van der Waals surface area contributed by atoms with Gasteiger partial charge in [0.1, 0.15) is 0 Å². The molecule has 0 bridgehead atoms. The summed E-state index contributed by atoms with van der Waals surface area (Å²) in [4.78, 5) is 12.9. The maximum Gasteiger partial charge on any atom is 0.227 e. The highest BCUT2D eigenvalue weighted by atomic mass is 79.9. The average molecular weight is 386 g/mol. The molecule has 0 aromatic rings. The molecule has 0 radical (unpaired) electrons. The maximum atomic E-state index is 11.4. The molecule has 0 fully saturated rings. The molecule has 3 heteroatoms.